The number of nitrogens with one attached hydrogen (secondary N) is 1. The van der Waals surface area contributed by atoms with Gasteiger partial charge in [0.05, 0.1) is 12.1 Å². The fourth-order valence-corrected chi connectivity index (χ4v) is 5.42. The van der Waals surface area contributed by atoms with Gasteiger partial charge in [-0.25, -0.2) is 0 Å². The van der Waals surface area contributed by atoms with Crippen molar-refractivity contribution >= 4 is 23.2 Å². The largest absolute Gasteiger partial charge is 0.416 e. The first-order chi connectivity index (χ1) is 17.5. The second-order valence-corrected chi connectivity index (χ2v) is 11.0. The van der Waals surface area contributed by atoms with Crippen LogP contribution >= 0.6 is 11.6 Å². The standard InChI is InChI=1S/C27H29ClF3N5O/c1-26(7-4-8-26)32-14-18-11-21-22(23(12-18)27(29,30)31)15-36(25(21)37)20-6-3-5-17(10-20)9-19(28)13-24-34-33-16-35(24)2/h3,5-6,10-12,16,19,32H,4,7-9,13-15H2,1-2H3/t19-/m1/s1. The molecule has 0 saturated heterocycles. The first-order valence-electron chi connectivity index (χ1n) is 12.4. The van der Waals surface area contributed by atoms with Crippen LogP contribution in [0.5, 0.6) is 0 Å². The van der Waals surface area contributed by atoms with Gasteiger partial charge in [-0.15, -0.1) is 21.8 Å². The van der Waals surface area contributed by atoms with Crippen molar-refractivity contribution < 1.29 is 18.0 Å². The zero-order valence-electron chi connectivity index (χ0n) is 20.8. The summed E-state index contributed by atoms with van der Waals surface area (Å²) in [5.74, 6) is 0.341. The number of carbonyl (C=O) groups excluding carboxylic acids is 1. The molecule has 0 bridgehead atoms. The summed E-state index contributed by atoms with van der Waals surface area (Å²) in [4.78, 5) is 14.8. The molecule has 1 amide bonds. The number of hydrogen-bond donors (Lipinski definition) is 1. The molecular formula is C27H29ClF3N5O. The molecular weight excluding hydrogens is 503 g/mol. The van der Waals surface area contributed by atoms with Crippen molar-refractivity contribution in [1.82, 2.24) is 20.1 Å². The van der Waals surface area contributed by atoms with Gasteiger partial charge < -0.3 is 14.8 Å². The normalized spacial score (nSPS) is 17.6. The van der Waals surface area contributed by atoms with E-state index in [9.17, 15) is 18.0 Å². The van der Waals surface area contributed by atoms with Crippen molar-refractivity contribution in [1.29, 1.82) is 0 Å². The van der Waals surface area contributed by atoms with E-state index in [2.05, 4.69) is 22.4 Å². The molecule has 1 fully saturated rings. The molecule has 0 unspecified atom stereocenters. The molecule has 2 heterocycles. The molecule has 1 aromatic heterocycles. The summed E-state index contributed by atoms with van der Waals surface area (Å²) >= 11 is 6.56. The summed E-state index contributed by atoms with van der Waals surface area (Å²) in [6.07, 6.45) is 1.19. The minimum atomic E-state index is -4.55. The maximum absolute atomic E-state index is 14.0. The summed E-state index contributed by atoms with van der Waals surface area (Å²) < 4.78 is 43.9. The Hall–Kier alpha value is -2.91. The molecule has 1 saturated carbocycles. The lowest BCUT2D eigenvalue weighted by molar-refractivity contribution is -0.138. The Bertz CT molecular complexity index is 1320. The molecule has 0 radical (unpaired) electrons. The molecule has 3 aromatic rings. The molecule has 1 atom stereocenters. The van der Waals surface area contributed by atoms with Gasteiger partial charge in [-0.1, -0.05) is 12.1 Å². The minimum absolute atomic E-state index is 0.0269. The SMILES string of the molecule is Cn1cnnc1C[C@H](Cl)Cc1cccc(N2Cc3c(cc(CNC4(C)CCC4)cc3C(F)(F)F)C2=O)c1. The van der Waals surface area contributed by atoms with Gasteiger partial charge in [0, 0.05) is 42.2 Å². The van der Waals surface area contributed by atoms with E-state index in [-0.39, 0.29) is 35.1 Å². The summed E-state index contributed by atoms with van der Waals surface area (Å²) in [6.45, 7) is 2.24. The lowest BCUT2D eigenvalue weighted by atomic mass is 9.78. The average molecular weight is 532 g/mol. The molecule has 37 heavy (non-hydrogen) atoms. The van der Waals surface area contributed by atoms with Gasteiger partial charge in [-0.05, 0) is 73.6 Å². The molecule has 10 heteroatoms. The lowest BCUT2D eigenvalue weighted by Crippen LogP contribution is -2.47. The van der Waals surface area contributed by atoms with E-state index in [0.29, 0.717) is 24.1 Å². The Labute approximate surface area is 218 Å². The number of nitrogens with zero attached hydrogens (tertiary/aromatic N) is 4. The highest BCUT2D eigenvalue weighted by Crippen LogP contribution is 2.40. The van der Waals surface area contributed by atoms with Crippen molar-refractivity contribution in [2.75, 3.05) is 4.90 Å². The molecule has 2 aromatic carbocycles. The fourth-order valence-electron chi connectivity index (χ4n) is 5.10. The van der Waals surface area contributed by atoms with Crippen LogP contribution in [0.3, 0.4) is 0 Å². The number of carbonyl (C=O) groups is 1. The highest BCUT2D eigenvalue weighted by Gasteiger charge is 2.41. The summed E-state index contributed by atoms with van der Waals surface area (Å²) in [6, 6.07) is 10.1. The van der Waals surface area contributed by atoms with Crippen molar-refractivity contribution in [3.63, 3.8) is 0 Å². The predicted molar refractivity (Wildman–Crippen MR) is 136 cm³/mol. The Kier molecular flexibility index (Phi) is 6.79. The van der Waals surface area contributed by atoms with Crippen LogP contribution in [-0.4, -0.2) is 31.6 Å². The topological polar surface area (TPSA) is 63.1 Å². The van der Waals surface area contributed by atoms with E-state index in [1.54, 1.807) is 29.1 Å². The first-order valence-corrected chi connectivity index (χ1v) is 12.8. The molecule has 2 aliphatic rings. The van der Waals surface area contributed by atoms with E-state index >= 15 is 0 Å². The molecule has 1 aliphatic carbocycles. The van der Waals surface area contributed by atoms with Crippen LogP contribution in [0.4, 0.5) is 18.9 Å². The van der Waals surface area contributed by atoms with Crippen molar-refractivity contribution in [3.8, 4) is 0 Å². The number of rotatable bonds is 8. The van der Waals surface area contributed by atoms with Gasteiger partial charge in [0.25, 0.3) is 5.91 Å². The average Bonchev–Trinajstić information content (AvgIpc) is 3.38. The number of amides is 1. The quantitative estimate of drug-likeness (QED) is 0.394. The Morgan fingerprint density at radius 3 is 2.59 bits per heavy atom. The molecule has 1 N–H and O–H groups in total. The fraction of sp³-hybridized carbons (Fsp3) is 0.444. The van der Waals surface area contributed by atoms with E-state index in [4.69, 9.17) is 11.6 Å². The second-order valence-electron chi connectivity index (χ2n) is 10.4. The van der Waals surface area contributed by atoms with Crippen molar-refractivity contribution in [2.24, 2.45) is 7.05 Å². The Balaban J connectivity index is 1.37. The highest BCUT2D eigenvalue weighted by atomic mass is 35.5. The maximum atomic E-state index is 14.0. The summed E-state index contributed by atoms with van der Waals surface area (Å²) in [5.41, 5.74) is 1.26. The molecule has 0 spiro atoms. The summed E-state index contributed by atoms with van der Waals surface area (Å²) in [7, 11) is 1.85. The van der Waals surface area contributed by atoms with E-state index in [0.717, 1.165) is 30.7 Å². The second kappa shape index (κ2) is 9.76. The number of aryl methyl sites for hydroxylation is 1. The van der Waals surface area contributed by atoms with Gasteiger partial charge in [0.15, 0.2) is 0 Å². The van der Waals surface area contributed by atoms with Crippen LogP contribution in [0.2, 0.25) is 0 Å². The Morgan fingerprint density at radius 1 is 1.16 bits per heavy atom. The number of aromatic nitrogens is 3. The zero-order chi connectivity index (χ0) is 26.4. The zero-order valence-corrected chi connectivity index (χ0v) is 21.5. The van der Waals surface area contributed by atoms with Crippen molar-refractivity contribution in [2.45, 2.75) is 69.2 Å². The number of hydrogen-bond acceptors (Lipinski definition) is 4. The molecule has 196 valence electrons. The maximum Gasteiger partial charge on any atom is 0.416 e. The third kappa shape index (κ3) is 5.38. The van der Waals surface area contributed by atoms with Crippen LogP contribution in [0.15, 0.2) is 42.7 Å². The van der Waals surface area contributed by atoms with Gasteiger partial charge in [-0.3, -0.25) is 4.79 Å². The first kappa shape index (κ1) is 25.7. The van der Waals surface area contributed by atoms with Gasteiger partial charge in [0.2, 0.25) is 0 Å². The number of halogens is 4. The Morgan fingerprint density at radius 2 is 1.95 bits per heavy atom. The number of fused-ring (bicyclic) bond motifs is 1. The molecule has 1 aliphatic heterocycles. The third-order valence-electron chi connectivity index (χ3n) is 7.47. The number of benzene rings is 2. The number of anilines is 1. The molecule has 5 rings (SSSR count). The third-order valence-corrected chi connectivity index (χ3v) is 7.78. The van der Waals surface area contributed by atoms with Crippen LogP contribution < -0.4 is 10.2 Å². The van der Waals surface area contributed by atoms with Crippen LogP contribution in [-0.2, 0) is 39.2 Å². The van der Waals surface area contributed by atoms with Gasteiger partial charge >= 0.3 is 6.18 Å². The van der Waals surface area contributed by atoms with Crippen LogP contribution in [0.1, 0.15) is 64.6 Å². The predicted octanol–water partition coefficient (Wildman–Crippen LogP) is 5.42. The van der Waals surface area contributed by atoms with E-state index < -0.39 is 17.6 Å². The highest BCUT2D eigenvalue weighted by molar-refractivity contribution is 6.20. The molecule has 6 nitrogen and oxygen atoms in total. The minimum Gasteiger partial charge on any atom is -0.321 e. The number of alkyl halides is 4. The van der Waals surface area contributed by atoms with Crippen molar-refractivity contribution in [3.05, 3.63) is 76.4 Å². The summed E-state index contributed by atoms with van der Waals surface area (Å²) in [5, 5.41) is 11.0. The van der Waals surface area contributed by atoms with Gasteiger partial charge in [-0.2, -0.15) is 13.2 Å². The van der Waals surface area contributed by atoms with Crippen LogP contribution in [0, 0.1) is 0 Å². The van der Waals surface area contributed by atoms with Crippen LogP contribution in [0.25, 0.3) is 0 Å². The van der Waals surface area contributed by atoms with E-state index in [1.807, 2.05) is 19.2 Å². The monoisotopic (exact) mass is 531 g/mol. The lowest BCUT2D eigenvalue weighted by Gasteiger charge is -2.39. The smallest absolute Gasteiger partial charge is 0.321 e. The van der Waals surface area contributed by atoms with E-state index in [1.165, 1.54) is 11.0 Å². The van der Waals surface area contributed by atoms with Gasteiger partial charge in [0.1, 0.15) is 12.2 Å².